The average Bonchev–Trinajstić information content (AvgIpc) is 3.36. The Morgan fingerprint density at radius 3 is 0.410 bits per heavy atom. The third kappa shape index (κ3) is 8.15. The van der Waals surface area contributed by atoms with Crippen LogP contribution in [0.2, 0.25) is 0 Å². The van der Waals surface area contributed by atoms with E-state index in [9.17, 15) is 0 Å². The first kappa shape index (κ1) is 40.8. The third-order valence-electron chi connectivity index (χ3n) is 11.3. The second-order valence-electron chi connectivity index (χ2n) is 14.8. The number of hydrogen-bond acceptors (Lipinski definition) is 3. The molecule has 9 rings (SSSR count). The molecule has 0 saturated heterocycles. The van der Waals surface area contributed by atoms with E-state index in [4.69, 9.17) is 7.51 Å². The molecule has 0 aliphatic carbocycles. The summed E-state index contributed by atoms with van der Waals surface area (Å²) in [5.74, 6) is 0. The van der Waals surface area contributed by atoms with Crippen LogP contribution in [0.25, 0.3) is 0 Å². The van der Waals surface area contributed by atoms with Crippen LogP contribution in [0.4, 0.5) is 0 Å². The minimum atomic E-state index is -4.50. The molecular weight excluding hydrogens is 990 g/mol. The van der Waals surface area contributed by atoms with Crippen molar-refractivity contribution in [2.24, 2.45) is 0 Å². The van der Waals surface area contributed by atoms with Gasteiger partial charge in [0.15, 0.2) is 0 Å². The number of benzene rings is 9. The molecule has 0 bridgehead atoms. The standard InChI is InChI=1S/3C18H15OSi.Bi/c3*19-20(16-10-4-1-5-11-16,17-12-6-2-7-13-17)18-14-8-3-9-15-18;/h3*1-15H;/q3*-1;+3. The van der Waals surface area contributed by atoms with Gasteiger partial charge in [0.25, 0.3) is 0 Å². The Bertz CT molecular complexity index is 2110. The molecule has 9 aromatic rings. The summed E-state index contributed by atoms with van der Waals surface area (Å²) in [6.45, 7) is 0. The SMILES string of the molecule is c1ccc([Si]([O][Bi]([O][Si](c2ccccc2)(c2ccccc2)c2ccccc2)[O][Si](c2ccccc2)(c2ccccc2)c2ccccc2)(c2ccccc2)c2ccccc2)cc1. The summed E-state index contributed by atoms with van der Waals surface area (Å²) < 4.78 is 25.2. The Hall–Kier alpha value is -5.61. The molecule has 0 heterocycles. The van der Waals surface area contributed by atoms with E-state index in [2.05, 4.69) is 273 Å². The van der Waals surface area contributed by atoms with Crippen molar-refractivity contribution in [2.75, 3.05) is 0 Å². The van der Waals surface area contributed by atoms with Crippen molar-refractivity contribution in [2.45, 2.75) is 0 Å². The monoisotopic (exact) mass is 1030 g/mol. The molecule has 0 unspecified atom stereocenters. The Morgan fingerprint density at radius 2 is 0.295 bits per heavy atom. The van der Waals surface area contributed by atoms with Crippen molar-refractivity contribution in [3.05, 3.63) is 273 Å². The van der Waals surface area contributed by atoms with Crippen LogP contribution in [-0.2, 0) is 7.51 Å². The molecule has 0 spiro atoms. The van der Waals surface area contributed by atoms with Gasteiger partial charge in [-0.1, -0.05) is 0 Å². The molecule has 0 aromatic heterocycles. The summed E-state index contributed by atoms with van der Waals surface area (Å²) in [6.07, 6.45) is 0. The van der Waals surface area contributed by atoms with Crippen molar-refractivity contribution in [3.8, 4) is 0 Å². The molecule has 0 radical (unpaired) electrons. The van der Waals surface area contributed by atoms with Crippen molar-refractivity contribution in [3.63, 3.8) is 0 Å². The molecule has 7 heteroatoms. The molecule has 0 saturated carbocycles. The van der Waals surface area contributed by atoms with Gasteiger partial charge in [-0.2, -0.15) is 0 Å². The number of hydrogen-bond donors (Lipinski definition) is 0. The molecule has 0 amide bonds. The van der Waals surface area contributed by atoms with Crippen molar-refractivity contribution >= 4 is 94.7 Å². The Kier molecular flexibility index (Phi) is 12.7. The van der Waals surface area contributed by atoms with Gasteiger partial charge in [-0.3, -0.25) is 0 Å². The fourth-order valence-electron chi connectivity index (χ4n) is 8.42. The zero-order chi connectivity index (χ0) is 41.2. The van der Waals surface area contributed by atoms with Gasteiger partial charge in [-0.25, -0.2) is 0 Å². The van der Waals surface area contributed by atoms with Crippen LogP contribution in [0.1, 0.15) is 0 Å². The van der Waals surface area contributed by atoms with Crippen LogP contribution in [-0.4, -0.2) is 48.0 Å². The molecule has 0 aliphatic heterocycles. The van der Waals surface area contributed by atoms with Gasteiger partial charge in [-0.05, 0) is 0 Å². The van der Waals surface area contributed by atoms with Gasteiger partial charge in [0, 0.05) is 0 Å². The van der Waals surface area contributed by atoms with Crippen molar-refractivity contribution < 1.29 is 7.51 Å². The van der Waals surface area contributed by atoms with Crippen LogP contribution >= 0.6 is 0 Å². The first-order valence-corrected chi connectivity index (χ1v) is 30.6. The third-order valence-corrected chi connectivity index (χ3v) is 37.6. The van der Waals surface area contributed by atoms with Crippen LogP contribution in [0, 0.1) is 0 Å². The molecule has 9 aromatic carbocycles. The molecule has 0 atom stereocenters. The van der Waals surface area contributed by atoms with E-state index in [1.165, 1.54) is 0 Å². The van der Waals surface area contributed by atoms with E-state index in [0.717, 1.165) is 46.7 Å². The predicted octanol–water partition coefficient (Wildman–Crippen LogP) is 6.02. The molecule has 3 nitrogen and oxygen atoms in total. The quantitative estimate of drug-likeness (QED) is 0.0930. The average molecular weight is 1040 g/mol. The fourth-order valence-corrected chi connectivity index (χ4v) is 42.2. The zero-order valence-electron chi connectivity index (χ0n) is 33.7. The van der Waals surface area contributed by atoms with Gasteiger partial charge in [0.1, 0.15) is 0 Å². The van der Waals surface area contributed by atoms with E-state index in [1.54, 1.807) is 0 Å². The first-order valence-electron chi connectivity index (χ1n) is 20.6. The Morgan fingerprint density at radius 1 is 0.180 bits per heavy atom. The van der Waals surface area contributed by atoms with E-state index >= 15 is 0 Å². The van der Waals surface area contributed by atoms with Gasteiger partial charge in [-0.15, -0.1) is 0 Å². The van der Waals surface area contributed by atoms with Crippen LogP contribution in [0.3, 0.4) is 0 Å². The normalized spacial score (nSPS) is 12.0. The summed E-state index contributed by atoms with van der Waals surface area (Å²) >= 11 is -4.50. The Labute approximate surface area is 372 Å². The molecule has 61 heavy (non-hydrogen) atoms. The summed E-state index contributed by atoms with van der Waals surface area (Å²) in [4.78, 5) is 0. The van der Waals surface area contributed by atoms with Gasteiger partial charge in [0.2, 0.25) is 0 Å². The van der Waals surface area contributed by atoms with Gasteiger partial charge >= 0.3 is 375 Å². The molecule has 296 valence electrons. The van der Waals surface area contributed by atoms with Crippen molar-refractivity contribution in [1.29, 1.82) is 0 Å². The maximum atomic E-state index is 8.40. The summed E-state index contributed by atoms with van der Waals surface area (Å²) in [5, 5.41) is 10.2. The maximum absolute atomic E-state index is 8.40. The van der Waals surface area contributed by atoms with E-state index < -0.39 is 48.0 Å². The van der Waals surface area contributed by atoms with Crippen LogP contribution in [0.15, 0.2) is 273 Å². The zero-order valence-corrected chi connectivity index (χ0v) is 40.1. The summed E-state index contributed by atoms with van der Waals surface area (Å²) in [5.41, 5.74) is 0. The van der Waals surface area contributed by atoms with Gasteiger partial charge in [0.05, 0.1) is 0 Å². The second kappa shape index (κ2) is 19.0. The van der Waals surface area contributed by atoms with Crippen LogP contribution in [0.5, 0.6) is 0 Å². The second-order valence-corrected chi connectivity index (χ2v) is 32.8. The Balaban J connectivity index is 1.39. The molecule has 0 fully saturated rings. The first-order chi connectivity index (χ1) is 30.2. The topological polar surface area (TPSA) is 27.7 Å². The fraction of sp³-hybridized carbons (Fsp3) is 0. The molecule has 0 aliphatic rings. The van der Waals surface area contributed by atoms with Crippen LogP contribution < -0.4 is 46.7 Å². The minimum absolute atomic E-state index is 1.14. The molecule has 0 N–H and O–H groups in total. The van der Waals surface area contributed by atoms with E-state index in [0.29, 0.717) is 0 Å². The van der Waals surface area contributed by atoms with Crippen molar-refractivity contribution in [1.82, 2.24) is 0 Å². The van der Waals surface area contributed by atoms with Gasteiger partial charge < -0.3 is 0 Å². The van der Waals surface area contributed by atoms with E-state index in [-0.39, 0.29) is 0 Å². The predicted molar refractivity (Wildman–Crippen MR) is 261 cm³/mol. The van der Waals surface area contributed by atoms with E-state index in [1.807, 2.05) is 0 Å². The number of rotatable bonds is 15. The molecular formula is C54H45BiO3Si3. The summed E-state index contributed by atoms with van der Waals surface area (Å²) in [7, 11) is -10.2. The summed E-state index contributed by atoms with van der Waals surface area (Å²) in [6, 6.07) is 97.4.